The number of rotatable bonds is 4. The Morgan fingerprint density at radius 1 is 1.07 bits per heavy atom. The molecule has 2 aromatic carbocycles. The highest BCUT2D eigenvalue weighted by atomic mass is 79.9. The van der Waals surface area contributed by atoms with Gasteiger partial charge in [-0.15, -0.1) is 0 Å². The van der Waals surface area contributed by atoms with Crippen LogP contribution in [-0.2, 0) is 14.8 Å². The van der Waals surface area contributed by atoms with Gasteiger partial charge in [-0.2, -0.15) is 4.31 Å². The van der Waals surface area contributed by atoms with Crippen LogP contribution in [0.1, 0.15) is 12.8 Å². The number of hydrogen-bond donors (Lipinski definition) is 1. The molecule has 0 unspecified atom stereocenters. The first kappa shape index (κ1) is 20.8. The minimum Gasteiger partial charge on any atom is -0.323 e. The van der Waals surface area contributed by atoms with Crippen LogP contribution in [-0.4, -0.2) is 31.7 Å². The van der Waals surface area contributed by atoms with Crippen molar-refractivity contribution in [1.29, 1.82) is 0 Å². The average Bonchev–Trinajstić information content (AvgIpc) is 2.69. The molecule has 2 aromatic rings. The van der Waals surface area contributed by atoms with Crippen LogP contribution in [0.4, 0.5) is 18.9 Å². The molecular weight excluding hydrogens is 461 g/mol. The van der Waals surface area contributed by atoms with Gasteiger partial charge in [0.15, 0.2) is 17.5 Å². The Balaban J connectivity index is 1.75. The maximum atomic E-state index is 13.8. The molecule has 1 heterocycles. The van der Waals surface area contributed by atoms with Crippen molar-refractivity contribution in [3.63, 3.8) is 0 Å². The molecule has 1 aliphatic heterocycles. The Bertz CT molecular complexity index is 1000. The summed E-state index contributed by atoms with van der Waals surface area (Å²) in [6.45, 7) is 0.164. The lowest BCUT2D eigenvalue weighted by Crippen LogP contribution is -2.43. The van der Waals surface area contributed by atoms with E-state index in [9.17, 15) is 26.4 Å². The van der Waals surface area contributed by atoms with E-state index in [0.29, 0.717) is 18.9 Å². The Labute approximate surface area is 168 Å². The third kappa shape index (κ3) is 4.23. The van der Waals surface area contributed by atoms with E-state index >= 15 is 0 Å². The summed E-state index contributed by atoms with van der Waals surface area (Å²) in [5, 5.41) is 2.22. The van der Waals surface area contributed by atoms with E-state index in [1.807, 2.05) is 0 Å². The normalized spacial score (nSPS) is 18.1. The van der Waals surface area contributed by atoms with Crippen molar-refractivity contribution in [2.24, 2.45) is 5.92 Å². The molecule has 1 saturated heterocycles. The maximum Gasteiger partial charge on any atom is 0.243 e. The van der Waals surface area contributed by atoms with Gasteiger partial charge in [-0.25, -0.2) is 21.6 Å². The first-order valence-corrected chi connectivity index (χ1v) is 10.6. The van der Waals surface area contributed by atoms with Gasteiger partial charge < -0.3 is 5.32 Å². The molecule has 0 radical (unpaired) electrons. The van der Waals surface area contributed by atoms with Crippen LogP contribution in [0.25, 0.3) is 0 Å². The summed E-state index contributed by atoms with van der Waals surface area (Å²) >= 11 is 3.24. The molecule has 1 atom stereocenters. The average molecular weight is 477 g/mol. The van der Waals surface area contributed by atoms with Crippen LogP contribution in [0.15, 0.2) is 45.8 Å². The Kier molecular flexibility index (Phi) is 6.11. The number of hydrogen-bond acceptors (Lipinski definition) is 3. The van der Waals surface area contributed by atoms with Gasteiger partial charge >= 0.3 is 0 Å². The molecule has 1 aliphatic rings. The van der Waals surface area contributed by atoms with Crippen molar-refractivity contribution in [1.82, 2.24) is 4.31 Å². The Morgan fingerprint density at radius 3 is 2.43 bits per heavy atom. The Morgan fingerprint density at radius 2 is 1.75 bits per heavy atom. The zero-order valence-electron chi connectivity index (χ0n) is 14.5. The highest BCUT2D eigenvalue weighted by Gasteiger charge is 2.33. The van der Waals surface area contributed by atoms with E-state index in [2.05, 4.69) is 21.2 Å². The van der Waals surface area contributed by atoms with Crippen molar-refractivity contribution in [2.45, 2.75) is 17.7 Å². The lowest BCUT2D eigenvalue weighted by molar-refractivity contribution is -0.120. The van der Waals surface area contributed by atoms with Crippen molar-refractivity contribution in [3.8, 4) is 0 Å². The minimum absolute atomic E-state index is 0.0878. The van der Waals surface area contributed by atoms with Gasteiger partial charge in [-0.3, -0.25) is 4.79 Å². The fraction of sp³-hybridized carbons (Fsp3) is 0.278. The summed E-state index contributed by atoms with van der Waals surface area (Å²) < 4.78 is 67.6. The molecule has 1 fully saturated rings. The van der Waals surface area contributed by atoms with E-state index in [4.69, 9.17) is 0 Å². The molecule has 0 bridgehead atoms. The maximum absolute atomic E-state index is 13.8. The van der Waals surface area contributed by atoms with Gasteiger partial charge in [0.05, 0.1) is 16.5 Å². The number of amides is 1. The zero-order valence-corrected chi connectivity index (χ0v) is 16.9. The summed E-state index contributed by atoms with van der Waals surface area (Å²) in [5.41, 5.74) is -0.489. The topological polar surface area (TPSA) is 66.5 Å². The number of benzene rings is 2. The first-order valence-electron chi connectivity index (χ1n) is 8.40. The summed E-state index contributed by atoms with van der Waals surface area (Å²) in [6, 6.07) is 7.75. The van der Waals surface area contributed by atoms with E-state index in [1.165, 1.54) is 16.4 Å². The molecule has 3 rings (SSSR count). The fourth-order valence-corrected chi connectivity index (χ4v) is 4.78. The third-order valence-corrected chi connectivity index (χ3v) is 6.91. The van der Waals surface area contributed by atoms with E-state index in [1.54, 1.807) is 12.1 Å². The first-order chi connectivity index (χ1) is 13.2. The standard InChI is InChI=1S/C18H16BrF3N2O3S/c19-12-3-5-13(6-4-12)28(26,27)24-9-1-2-11(10-24)18(25)23-15-8-7-14(20)16(21)17(15)22/h3-8,11H,1-2,9-10H2,(H,23,25)/t11-/m1/s1. The number of sulfonamides is 1. The summed E-state index contributed by atoms with van der Waals surface area (Å²) in [4.78, 5) is 12.5. The zero-order chi connectivity index (χ0) is 20.5. The van der Waals surface area contributed by atoms with Gasteiger partial charge in [0.1, 0.15) is 0 Å². The van der Waals surface area contributed by atoms with Crippen LogP contribution in [0.5, 0.6) is 0 Å². The molecule has 0 aliphatic carbocycles. The van der Waals surface area contributed by atoms with Crippen LogP contribution in [0.2, 0.25) is 0 Å². The molecule has 0 spiro atoms. The van der Waals surface area contributed by atoms with Crippen molar-refractivity contribution in [2.75, 3.05) is 18.4 Å². The molecule has 5 nitrogen and oxygen atoms in total. The molecule has 150 valence electrons. The van der Waals surface area contributed by atoms with Gasteiger partial charge in [0, 0.05) is 17.6 Å². The fourth-order valence-electron chi connectivity index (χ4n) is 2.99. The smallest absolute Gasteiger partial charge is 0.243 e. The van der Waals surface area contributed by atoms with Crippen molar-refractivity contribution < 1.29 is 26.4 Å². The number of anilines is 1. The van der Waals surface area contributed by atoms with E-state index in [0.717, 1.165) is 10.5 Å². The van der Waals surface area contributed by atoms with Crippen LogP contribution < -0.4 is 5.32 Å². The summed E-state index contributed by atoms with van der Waals surface area (Å²) in [6.07, 6.45) is 0.831. The van der Waals surface area contributed by atoms with Crippen molar-refractivity contribution in [3.05, 3.63) is 58.3 Å². The second-order valence-corrected chi connectivity index (χ2v) is 9.22. The summed E-state index contributed by atoms with van der Waals surface area (Å²) in [7, 11) is -3.79. The molecule has 1 N–H and O–H groups in total. The molecule has 28 heavy (non-hydrogen) atoms. The molecule has 0 aromatic heterocycles. The molecule has 1 amide bonds. The van der Waals surface area contributed by atoms with Crippen LogP contribution in [0.3, 0.4) is 0 Å². The predicted molar refractivity (Wildman–Crippen MR) is 101 cm³/mol. The number of halogens is 4. The van der Waals surface area contributed by atoms with Crippen LogP contribution in [0, 0.1) is 23.4 Å². The number of piperidine rings is 1. The van der Waals surface area contributed by atoms with Gasteiger partial charge in [0.25, 0.3) is 0 Å². The highest BCUT2D eigenvalue weighted by Crippen LogP contribution is 2.26. The largest absolute Gasteiger partial charge is 0.323 e. The van der Waals surface area contributed by atoms with Crippen molar-refractivity contribution >= 4 is 37.5 Å². The predicted octanol–water partition coefficient (Wildman–Crippen LogP) is 3.91. The molecule has 0 saturated carbocycles. The number of nitrogens with one attached hydrogen (secondary N) is 1. The van der Waals surface area contributed by atoms with E-state index < -0.39 is 45.0 Å². The summed E-state index contributed by atoms with van der Waals surface area (Å²) in [5.74, 6) is -5.93. The lowest BCUT2D eigenvalue weighted by Gasteiger charge is -2.31. The second-order valence-electron chi connectivity index (χ2n) is 6.37. The number of carbonyl (C=O) groups is 1. The molecule has 10 heteroatoms. The number of carbonyl (C=O) groups excluding carboxylic acids is 1. The van der Waals surface area contributed by atoms with Gasteiger partial charge in [-0.1, -0.05) is 15.9 Å². The minimum atomic E-state index is -3.79. The molecular formula is C18H16BrF3N2O3S. The van der Waals surface area contributed by atoms with Gasteiger partial charge in [0.2, 0.25) is 15.9 Å². The van der Waals surface area contributed by atoms with E-state index in [-0.39, 0.29) is 18.0 Å². The van der Waals surface area contributed by atoms with Gasteiger partial charge in [-0.05, 0) is 49.2 Å². The highest BCUT2D eigenvalue weighted by molar-refractivity contribution is 9.10. The SMILES string of the molecule is O=C(Nc1ccc(F)c(F)c1F)[C@@H]1CCCN(S(=O)(=O)c2ccc(Br)cc2)C1. The quantitative estimate of drug-likeness (QED) is 0.680. The monoisotopic (exact) mass is 476 g/mol. The third-order valence-electron chi connectivity index (χ3n) is 4.50. The van der Waals surface area contributed by atoms with Crippen LogP contribution >= 0.6 is 15.9 Å². The number of nitrogens with zero attached hydrogens (tertiary/aromatic N) is 1. The lowest BCUT2D eigenvalue weighted by atomic mass is 9.98. The second kappa shape index (κ2) is 8.22. The Hall–Kier alpha value is -1.91.